The van der Waals surface area contributed by atoms with Crippen molar-refractivity contribution in [2.24, 2.45) is 0 Å². The van der Waals surface area contributed by atoms with Gasteiger partial charge in [-0.15, -0.1) is 0 Å². The third kappa shape index (κ3) is 3.18. The van der Waals surface area contributed by atoms with E-state index in [1.807, 2.05) is 49.0 Å². The summed E-state index contributed by atoms with van der Waals surface area (Å²) in [6.45, 7) is 3.27. The number of benzene rings is 1. The molecule has 1 unspecified atom stereocenters. The van der Waals surface area contributed by atoms with Crippen molar-refractivity contribution < 1.29 is 9.59 Å². The first kappa shape index (κ1) is 18.3. The minimum Gasteiger partial charge on any atom is -0.349 e. The zero-order valence-corrected chi connectivity index (χ0v) is 16.0. The van der Waals surface area contributed by atoms with Crippen LogP contribution in [0.3, 0.4) is 0 Å². The maximum atomic E-state index is 12.3. The van der Waals surface area contributed by atoms with E-state index in [1.54, 1.807) is 0 Å². The number of aldehydes is 1. The highest BCUT2D eigenvalue weighted by molar-refractivity contribution is 5.98. The summed E-state index contributed by atoms with van der Waals surface area (Å²) < 4.78 is 1.91. The van der Waals surface area contributed by atoms with Gasteiger partial charge in [-0.1, -0.05) is 12.1 Å². The first-order chi connectivity index (χ1) is 13.6. The summed E-state index contributed by atoms with van der Waals surface area (Å²) in [5, 5.41) is 6.01. The molecule has 7 nitrogen and oxygen atoms in total. The molecule has 0 spiro atoms. The van der Waals surface area contributed by atoms with Gasteiger partial charge >= 0.3 is 0 Å². The Labute approximate surface area is 163 Å². The minimum atomic E-state index is -0.120. The van der Waals surface area contributed by atoms with Gasteiger partial charge in [-0.2, -0.15) is 0 Å². The molecule has 0 bridgehead atoms. The second-order valence-corrected chi connectivity index (χ2v) is 7.07. The molecule has 0 saturated heterocycles. The fourth-order valence-corrected chi connectivity index (χ4v) is 3.73. The van der Waals surface area contributed by atoms with E-state index in [-0.39, 0.29) is 11.9 Å². The number of carbonyl (C=O) groups is 2. The Morgan fingerprint density at radius 2 is 2.21 bits per heavy atom. The highest BCUT2D eigenvalue weighted by Gasteiger charge is 2.26. The van der Waals surface area contributed by atoms with E-state index in [2.05, 4.69) is 10.6 Å². The lowest BCUT2D eigenvalue weighted by Crippen LogP contribution is -2.38. The highest BCUT2D eigenvalue weighted by Crippen LogP contribution is 2.31. The molecule has 28 heavy (non-hydrogen) atoms. The zero-order valence-electron chi connectivity index (χ0n) is 16.0. The van der Waals surface area contributed by atoms with Crippen molar-refractivity contribution in [2.75, 3.05) is 20.1 Å². The number of carbonyl (C=O) groups excluding carboxylic acids is 2. The predicted molar refractivity (Wildman–Crippen MR) is 107 cm³/mol. The third-order valence-corrected chi connectivity index (χ3v) is 5.23. The van der Waals surface area contributed by atoms with E-state index >= 15 is 0 Å². The van der Waals surface area contributed by atoms with Crippen LogP contribution in [0.5, 0.6) is 0 Å². The van der Waals surface area contributed by atoms with Gasteiger partial charge in [-0.3, -0.25) is 4.79 Å². The van der Waals surface area contributed by atoms with Gasteiger partial charge in [0.05, 0.1) is 28.5 Å². The lowest BCUT2D eigenvalue weighted by atomic mass is 10.1. The van der Waals surface area contributed by atoms with E-state index in [1.165, 1.54) is 0 Å². The lowest BCUT2D eigenvalue weighted by Gasteiger charge is -2.24. The van der Waals surface area contributed by atoms with Crippen molar-refractivity contribution in [1.82, 2.24) is 25.2 Å². The van der Waals surface area contributed by atoms with Crippen molar-refractivity contribution in [3.05, 3.63) is 47.5 Å². The number of likely N-dealkylation sites (N-methyl/N-ethyl adjacent to an activating group) is 1. The molecule has 4 rings (SSSR count). The minimum absolute atomic E-state index is 0.0616. The largest absolute Gasteiger partial charge is 0.349 e. The number of nitrogens with zero attached hydrogens (tertiary/aromatic N) is 3. The molecule has 3 heterocycles. The summed E-state index contributed by atoms with van der Waals surface area (Å²) in [5.41, 5.74) is 5.98. The summed E-state index contributed by atoms with van der Waals surface area (Å²) in [6.07, 6.45) is 4.01. The molecule has 1 aliphatic heterocycles. The first-order valence-corrected chi connectivity index (χ1v) is 9.47. The number of para-hydroxylation sites is 1. The lowest BCUT2D eigenvalue weighted by molar-refractivity contribution is -0.108. The molecular formula is C21H23N5O2. The van der Waals surface area contributed by atoms with Crippen LogP contribution in [0.25, 0.3) is 22.2 Å². The Balaban J connectivity index is 1.84. The topological polar surface area (TPSA) is 88.9 Å². The van der Waals surface area contributed by atoms with Crippen molar-refractivity contribution >= 4 is 23.2 Å². The fraction of sp³-hybridized carbons (Fsp3) is 0.333. The number of rotatable bonds is 6. The maximum absolute atomic E-state index is 12.3. The van der Waals surface area contributed by atoms with Crippen molar-refractivity contribution in [2.45, 2.75) is 25.8 Å². The normalized spacial score (nSPS) is 16.1. The molecule has 0 saturated carbocycles. The molecule has 2 N–H and O–H groups in total. The standard InChI is InChI=1S/C21H23N5O2/c1-13-17(6-8-22-2)25-20-16(4-3-5-18(20)24-13)14-10-19-21(28)23-11-15(7-9-27)26(19)12-14/h3-5,9-10,12,15,22H,6-8,11H2,1-2H3,(H,23,28). The summed E-state index contributed by atoms with van der Waals surface area (Å²) in [5.74, 6) is -0.120. The molecule has 0 aliphatic carbocycles. The number of hydrogen-bond donors (Lipinski definition) is 2. The van der Waals surface area contributed by atoms with Crippen LogP contribution in [-0.2, 0) is 11.2 Å². The van der Waals surface area contributed by atoms with Gasteiger partial charge in [-0.05, 0) is 26.1 Å². The Hall–Kier alpha value is -3.06. The molecule has 7 heteroatoms. The predicted octanol–water partition coefficient (Wildman–Crippen LogP) is 2.04. The van der Waals surface area contributed by atoms with Gasteiger partial charge in [0.15, 0.2) is 0 Å². The van der Waals surface area contributed by atoms with E-state index in [4.69, 9.17) is 9.97 Å². The monoisotopic (exact) mass is 377 g/mol. The van der Waals surface area contributed by atoms with E-state index in [0.717, 1.165) is 52.8 Å². The van der Waals surface area contributed by atoms with Crippen LogP contribution >= 0.6 is 0 Å². The van der Waals surface area contributed by atoms with Crippen molar-refractivity contribution in [1.29, 1.82) is 0 Å². The van der Waals surface area contributed by atoms with E-state index < -0.39 is 0 Å². The molecule has 0 radical (unpaired) electrons. The van der Waals surface area contributed by atoms with Gasteiger partial charge < -0.3 is 20.0 Å². The average Bonchev–Trinajstić information content (AvgIpc) is 3.14. The molecule has 144 valence electrons. The number of aryl methyl sites for hydroxylation is 1. The molecule has 3 aromatic rings. The number of hydrogen-bond acceptors (Lipinski definition) is 5. The fourth-order valence-electron chi connectivity index (χ4n) is 3.73. The molecule has 2 aromatic heterocycles. The molecular weight excluding hydrogens is 354 g/mol. The van der Waals surface area contributed by atoms with Gasteiger partial charge in [-0.25, -0.2) is 9.97 Å². The number of aromatic nitrogens is 3. The SMILES string of the molecule is CNCCc1nc2c(-c3cc4n(c3)C(CC=O)CNC4=O)cccc2nc1C. The van der Waals surface area contributed by atoms with Crippen LogP contribution in [-0.4, -0.2) is 46.9 Å². The third-order valence-electron chi connectivity index (χ3n) is 5.23. The number of amides is 1. The Morgan fingerprint density at radius 3 is 3.00 bits per heavy atom. The van der Waals surface area contributed by atoms with Crippen LogP contribution in [0.4, 0.5) is 0 Å². The van der Waals surface area contributed by atoms with Crippen LogP contribution in [0.15, 0.2) is 30.5 Å². The highest BCUT2D eigenvalue weighted by atomic mass is 16.2. The quantitative estimate of drug-likeness (QED) is 0.642. The second-order valence-electron chi connectivity index (χ2n) is 7.07. The molecule has 1 aliphatic rings. The summed E-state index contributed by atoms with van der Waals surface area (Å²) in [6, 6.07) is 7.73. The smallest absolute Gasteiger partial charge is 0.268 e. The van der Waals surface area contributed by atoms with Gasteiger partial charge in [0, 0.05) is 43.3 Å². The van der Waals surface area contributed by atoms with E-state index in [0.29, 0.717) is 18.7 Å². The zero-order chi connectivity index (χ0) is 19.7. The van der Waals surface area contributed by atoms with E-state index in [9.17, 15) is 9.59 Å². The Kier molecular flexibility index (Phi) is 4.92. The maximum Gasteiger partial charge on any atom is 0.268 e. The molecule has 1 amide bonds. The number of fused-ring (bicyclic) bond motifs is 2. The summed E-state index contributed by atoms with van der Waals surface area (Å²) in [7, 11) is 1.92. The first-order valence-electron chi connectivity index (χ1n) is 9.47. The van der Waals surface area contributed by atoms with Gasteiger partial charge in [0.2, 0.25) is 0 Å². The van der Waals surface area contributed by atoms with Crippen LogP contribution < -0.4 is 10.6 Å². The summed E-state index contributed by atoms with van der Waals surface area (Å²) in [4.78, 5) is 33.0. The Morgan fingerprint density at radius 1 is 1.36 bits per heavy atom. The van der Waals surface area contributed by atoms with Crippen LogP contribution in [0.2, 0.25) is 0 Å². The van der Waals surface area contributed by atoms with Gasteiger partial charge in [0.25, 0.3) is 5.91 Å². The van der Waals surface area contributed by atoms with Crippen molar-refractivity contribution in [3.8, 4) is 11.1 Å². The average molecular weight is 377 g/mol. The van der Waals surface area contributed by atoms with Gasteiger partial charge in [0.1, 0.15) is 12.0 Å². The number of nitrogens with one attached hydrogen (secondary N) is 2. The molecule has 1 aromatic carbocycles. The van der Waals surface area contributed by atoms with Crippen LogP contribution in [0.1, 0.15) is 34.3 Å². The Bertz CT molecular complexity index is 1060. The second kappa shape index (κ2) is 7.52. The molecule has 1 atom stereocenters. The summed E-state index contributed by atoms with van der Waals surface area (Å²) >= 11 is 0. The van der Waals surface area contributed by atoms with Crippen molar-refractivity contribution in [3.63, 3.8) is 0 Å². The van der Waals surface area contributed by atoms with Crippen LogP contribution in [0, 0.1) is 6.92 Å². The molecule has 0 fully saturated rings.